The lowest BCUT2D eigenvalue weighted by atomic mass is 10.2. The topological polar surface area (TPSA) is 958 Å². The third-order valence-corrected chi connectivity index (χ3v) is 5.73. The summed E-state index contributed by atoms with van der Waals surface area (Å²) >= 11 is 0. The quantitative estimate of drug-likeness (QED) is 0.0290. The van der Waals surface area contributed by atoms with Crippen molar-refractivity contribution in [1.29, 1.82) is 5.53 Å². The second-order valence-electron chi connectivity index (χ2n) is 12.0. The molecule has 1 aromatic heterocycles. The molecule has 1 fully saturated rings. The van der Waals surface area contributed by atoms with E-state index < -0.39 is 5.60 Å². The Labute approximate surface area is 479 Å². The van der Waals surface area contributed by atoms with Gasteiger partial charge in [-0.3, -0.25) is 4.98 Å². The molecule has 1 aromatic rings. The van der Waals surface area contributed by atoms with Gasteiger partial charge in [0.2, 0.25) is 0 Å². The highest BCUT2D eigenvalue weighted by atomic mass is 16.6. The van der Waals surface area contributed by atoms with E-state index in [0.29, 0.717) is 5.69 Å². The molecule has 0 radical (unpaired) electrons. The fourth-order valence-electron chi connectivity index (χ4n) is 3.43. The van der Waals surface area contributed by atoms with Crippen LogP contribution in [0.15, 0.2) is 368 Å². The van der Waals surface area contributed by atoms with Gasteiger partial charge in [-0.15, -0.1) is 0 Å². The van der Waals surface area contributed by atoms with E-state index in [1.807, 2.05) is 26.8 Å². The van der Waals surface area contributed by atoms with Gasteiger partial charge >= 0.3 is 6.09 Å². The fraction of sp³-hybridized carbons (Fsp3) is 0.571. The Bertz CT molecular complexity index is 3200. The second kappa shape index (κ2) is 55.5. The maximum absolute atomic E-state index is 11.7. The molecule has 75 nitrogen and oxygen atoms in total. The first-order chi connectivity index (χ1) is 43.8. The maximum Gasteiger partial charge on any atom is 0.407 e. The van der Waals surface area contributed by atoms with Crippen LogP contribution in [0, 0.1) is 5.53 Å². The molecule has 89 heavy (non-hydrogen) atoms. The van der Waals surface area contributed by atoms with Gasteiger partial charge in [0.25, 0.3) is 0 Å². The standard InChI is InChI=1S/C14H22N4O2.H3N69/c1-14(2,3)20-13(19)17-10-5-7-18(9-10)12-4-6-16-8-11(12)15;1-3-5-7-9-11-13-15-17-19-21-23-25-27-29-31-33-35-37-39-41-43-45-47-49-51-53-55-57-59-61-63-65-67-69-68-66-64-62-60-58-56-54-52-50-48-46-44-42-40-38-36-34-32-30-28-26-24-22-20-18-16-14-12-10-8-6-4-2/h4,6,8,10H,5,7,9,15H2,1-3H3,(H,17,19);(H3,1,2,5,6,9,10,13,14,17,18,21,22,25,26,29,30,33,34,37,38,41,42,45,46,49,50,53,54,57,58,61,62,65,66,69)/t10-;/m0./s1. The molecule has 1 amide bonds. The number of pyridine rings is 1. The summed E-state index contributed by atoms with van der Waals surface area (Å²) in [5.74, 6) is 4.63. The first-order valence-corrected chi connectivity index (χ1v) is 20.5. The van der Waals surface area contributed by atoms with Gasteiger partial charge in [-0.05, 0) is 112 Å². The summed E-state index contributed by atoms with van der Waals surface area (Å²) in [7, 11) is 0. The van der Waals surface area contributed by atoms with Gasteiger partial charge in [-0.25, -0.2) is 4.79 Å². The van der Waals surface area contributed by atoms with Gasteiger partial charge in [-0.2, -0.15) is 5.53 Å². The first kappa shape index (κ1) is 71.2. The highest BCUT2D eigenvalue weighted by molar-refractivity contribution is 5.69. The van der Waals surface area contributed by atoms with Gasteiger partial charge in [-0.1, -0.05) is 5.22 Å². The number of amides is 1. The lowest BCUT2D eigenvalue weighted by Gasteiger charge is -2.23. The average Bonchev–Trinajstić information content (AvgIpc) is 3.37. The fourth-order valence-corrected chi connectivity index (χ4v) is 3.43. The number of carbonyl (C=O) groups excluding carboxylic acids is 1. The van der Waals surface area contributed by atoms with Gasteiger partial charge in [0.15, 0.2) is 0 Å². The van der Waals surface area contributed by atoms with Crippen LogP contribution in [-0.2, 0) is 4.74 Å². The molecule has 0 aromatic carbocycles. The summed E-state index contributed by atoms with van der Waals surface area (Å²) in [6.07, 6.45) is 3.87. The van der Waals surface area contributed by atoms with E-state index in [9.17, 15) is 4.79 Å². The van der Waals surface area contributed by atoms with Crippen LogP contribution in [0.3, 0.4) is 0 Å². The Kier molecular flexibility index (Phi) is 44.4. The lowest BCUT2D eigenvalue weighted by molar-refractivity contribution is 0.0509. The number of nitrogen functional groups attached to an aromatic ring is 1. The van der Waals surface area contributed by atoms with Crippen molar-refractivity contribution >= 4 is 17.5 Å². The van der Waals surface area contributed by atoms with Crippen molar-refractivity contribution in [2.24, 2.45) is 356 Å². The monoisotopic (exact) mass is 1250 g/mol. The third-order valence-electron chi connectivity index (χ3n) is 5.73. The zero-order valence-corrected chi connectivity index (χ0v) is 43.3. The number of aromatic nitrogens is 1. The number of anilines is 2. The van der Waals surface area contributed by atoms with Crippen LogP contribution in [0.4, 0.5) is 16.2 Å². The van der Waals surface area contributed by atoms with Gasteiger partial charge in [0.1, 0.15) is 5.60 Å². The Balaban J connectivity index is 0.00000165. The van der Waals surface area contributed by atoms with Gasteiger partial charge in [0, 0.05) is 286 Å². The number of rotatable bonds is 35. The summed E-state index contributed by atoms with van der Waals surface area (Å²) in [6, 6.07) is 1.97. The SMILES string of the molecule is CC(C)(C)OC(=O)N[C@H]1CCN(c2ccncc2N)C1.N=N/N=N/N=N/N=N/N=N/N=N/N=N/N=N/N=N/N=N/N=N/N=N/N=N/N=N/N=N/N=N/N=N/N=N/N=N/N=N/N=N/N=N/N=N/N=N/N=N/N=N/N=N/N=N/N=N/N=N/N=N/N=N/N=N/N=N/N. The van der Waals surface area contributed by atoms with E-state index >= 15 is 0 Å². The minimum Gasteiger partial charge on any atom is -0.444 e. The molecule has 0 bridgehead atoms. The molecule has 458 valence electrons. The Hall–Kier alpha value is -15.8. The van der Waals surface area contributed by atoms with Crippen molar-refractivity contribution in [1.82, 2.24) is 10.3 Å². The molecule has 75 heteroatoms. The molecule has 1 atom stereocenters. The van der Waals surface area contributed by atoms with E-state index in [1.54, 1.807) is 12.4 Å². The number of alkyl carbamates (subject to hydrolysis) is 1. The molecule has 2 rings (SSSR count). The van der Waals surface area contributed by atoms with E-state index in [2.05, 4.69) is 371 Å². The summed E-state index contributed by atoms with van der Waals surface area (Å²) in [4.78, 5) is 17.9. The molecular formula is C14H25N73O2. The van der Waals surface area contributed by atoms with Crippen LogP contribution < -0.4 is 21.8 Å². The van der Waals surface area contributed by atoms with Crippen LogP contribution in [0.1, 0.15) is 27.2 Å². The second-order valence-corrected chi connectivity index (χ2v) is 12.0. The maximum atomic E-state index is 11.7. The van der Waals surface area contributed by atoms with Crippen LogP contribution >= 0.6 is 0 Å². The van der Waals surface area contributed by atoms with Gasteiger partial charge in [0.05, 0.1) is 23.6 Å². The molecule has 1 aliphatic heterocycles. The molecule has 0 saturated carbocycles. The summed E-state index contributed by atoms with van der Waals surface area (Å²) in [5, 5.41) is 202. The first-order valence-electron chi connectivity index (χ1n) is 20.5. The molecule has 0 spiro atoms. The van der Waals surface area contributed by atoms with E-state index in [1.165, 1.54) is 0 Å². The van der Waals surface area contributed by atoms with E-state index in [0.717, 1.165) is 25.2 Å². The number of nitrogens with two attached hydrogens (primary N) is 2. The summed E-state index contributed by atoms with van der Waals surface area (Å²) < 4.78 is 5.26. The molecule has 6 N–H and O–H groups in total. The Morgan fingerprint density at radius 1 is 0.427 bits per heavy atom. The zero-order chi connectivity index (χ0) is 64.1. The zero-order valence-electron chi connectivity index (χ0n) is 43.3. The van der Waals surface area contributed by atoms with Gasteiger partial charge < -0.3 is 26.5 Å². The van der Waals surface area contributed by atoms with Crippen LogP contribution in [-0.4, -0.2) is 35.8 Å². The van der Waals surface area contributed by atoms with E-state index in [-0.39, 0.29) is 12.1 Å². The third kappa shape index (κ3) is 51.4. The molecule has 0 unspecified atom stereocenters. The van der Waals surface area contributed by atoms with Crippen LogP contribution in [0.5, 0.6) is 0 Å². The predicted molar refractivity (Wildman–Crippen MR) is 248 cm³/mol. The molecular weight excluding hydrogens is 1220 g/mol. The Morgan fingerprint density at radius 2 is 0.652 bits per heavy atom. The number of nitrogens with one attached hydrogen (secondary N) is 2. The van der Waals surface area contributed by atoms with E-state index in [4.69, 9.17) is 16.0 Å². The van der Waals surface area contributed by atoms with Crippen molar-refractivity contribution < 1.29 is 9.53 Å². The van der Waals surface area contributed by atoms with Crippen molar-refractivity contribution in [2.75, 3.05) is 23.7 Å². The Morgan fingerprint density at radius 3 is 0.854 bits per heavy atom. The number of carbonyl (C=O) groups is 1. The van der Waals surface area contributed by atoms with Crippen molar-refractivity contribution in [3.8, 4) is 0 Å². The predicted octanol–water partition coefficient (Wildman–Crippen LogP) is 13.8. The molecule has 1 aliphatic rings. The minimum atomic E-state index is -0.474. The number of hydrogen-bond acceptors (Lipinski definition) is 7. The number of ether oxygens (including phenoxy) is 1. The highest BCUT2D eigenvalue weighted by Crippen LogP contribution is 2.25. The number of hydrogen-bond donors (Lipinski definition) is 4. The average molecular weight is 1250 g/mol. The van der Waals surface area contributed by atoms with Crippen molar-refractivity contribution in [2.45, 2.75) is 38.8 Å². The van der Waals surface area contributed by atoms with Crippen molar-refractivity contribution in [3.05, 3.63) is 18.5 Å². The largest absolute Gasteiger partial charge is 0.444 e. The minimum absolute atomic E-state index is 0.0809. The van der Waals surface area contributed by atoms with Crippen LogP contribution in [0.2, 0.25) is 0 Å². The molecule has 2 heterocycles. The normalized spacial score (nSPS) is 16.3. The number of nitrogens with zero attached hydrogens (tertiary/aromatic N) is 69. The van der Waals surface area contributed by atoms with Crippen molar-refractivity contribution in [3.63, 3.8) is 0 Å². The smallest absolute Gasteiger partial charge is 0.407 e. The highest BCUT2D eigenvalue weighted by Gasteiger charge is 2.27. The molecule has 1 saturated heterocycles. The van der Waals surface area contributed by atoms with Crippen LogP contribution in [0.25, 0.3) is 0 Å². The lowest BCUT2D eigenvalue weighted by Crippen LogP contribution is -2.40. The molecule has 0 aliphatic carbocycles. The summed E-state index contributed by atoms with van der Waals surface area (Å²) in [6.45, 7) is 7.14. The summed E-state index contributed by atoms with van der Waals surface area (Å²) in [5.41, 5.74) is 13.3.